The Balaban J connectivity index is 2.94. The number of thiocarbonyl (C=S) groups is 1. The maximum absolute atomic E-state index is 12.3. The molecule has 0 radical (unpaired) electrons. The lowest BCUT2D eigenvalue weighted by Gasteiger charge is -2.48. The van der Waals surface area contributed by atoms with Crippen LogP contribution in [0.5, 0.6) is 0 Å². The van der Waals surface area contributed by atoms with E-state index in [1.54, 1.807) is 0 Å². The molecule has 5 heteroatoms. The summed E-state index contributed by atoms with van der Waals surface area (Å²) in [6, 6.07) is 0.106. The van der Waals surface area contributed by atoms with Crippen LogP contribution in [0.2, 0.25) is 18.1 Å². The molecule has 0 aromatic heterocycles. The van der Waals surface area contributed by atoms with Crippen molar-refractivity contribution in [3.8, 4) is 0 Å². The van der Waals surface area contributed by atoms with Gasteiger partial charge in [-0.1, -0.05) is 60.7 Å². The molecule has 0 aliphatic carbocycles. The van der Waals surface area contributed by atoms with Crippen molar-refractivity contribution >= 4 is 31.3 Å². The summed E-state index contributed by atoms with van der Waals surface area (Å²) in [6.45, 7) is 21.9. The van der Waals surface area contributed by atoms with Gasteiger partial charge in [0, 0.05) is 10.8 Å². The Morgan fingerprint density at radius 1 is 1.25 bits per heavy atom. The van der Waals surface area contributed by atoms with Gasteiger partial charge in [0.05, 0.1) is 18.1 Å². The fourth-order valence-corrected chi connectivity index (χ4v) is 4.89. The Morgan fingerprint density at radius 2 is 1.75 bits per heavy atom. The quantitative estimate of drug-likeness (QED) is 0.408. The van der Waals surface area contributed by atoms with Crippen LogP contribution in [0.25, 0.3) is 0 Å². The zero-order valence-electron chi connectivity index (χ0n) is 17.2. The maximum atomic E-state index is 12.3. The zero-order chi connectivity index (χ0) is 19.1. The number of nitrogens with one attached hydrogen (secondary N) is 1. The van der Waals surface area contributed by atoms with Gasteiger partial charge >= 0.3 is 0 Å². The number of carbonyl (C=O) groups is 1. The lowest BCUT2D eigenvalue weighted by atomic mass is 9.71. The van der Waals surface area contributed by atoms with Gasteiger partial charge in [-0.05, 0) is 36.9 Å². The van der Waals surface area contributed by atoms with Crippen LogP contribution in [0, 0.1) is 17.3 Å². The largest absolute Gasteiger partial charge is 0.413 e. The molecule has 1 fully saturated rings. The van der Waals surface area contributed by atoms with Crippen molar-refractivity contribution in [1.82, 2.24) is 5.32 Å². The molecule has 1 amide bonds. The fraction of sp³-hybridized carbons (Fsp3) is 0.895. The van der Waals surface area contributed by atoms with E-state index >= 15 is 0 Å². The van der Waals surface area contributed by atoms with Gasteiger partial charge < -0.3 is 9.74 Å². The standard InChI is InChI=1S/C19H37NO2SSi/c1-11-13(16(23)18(3,4)5)15-14(17(21)20-15)12(2)22-24(9,10)19(6,7)8/h12-15H,11H2,1-10H3,(H,20,21)/t12-,13+,14-,15-/m1/s1. The summed E-state index contributed by atoms with van der Waals surface area (Å²) in [7, 11) is -1.89. The molecule has 0 saturated carbocycles. The molecular weight excluding hydrogens is 334 g/mol. The SMILES string of the molecule is CC[C@H](C(=S)C(C)(C)C)[C@H]1NC(=O)[C@@H]1[C@@H](C)O[Si](C)(C)C(C)(C)C. The van der Waals surface area contributed by atoms with Gasteiger partial charge in [0.1, 0.15) is 0 Å². The van der Waals surface area contributed by atoms with E-state index in [9.17, 15) is 4.79 Å². The second-order valence-electron chi connectivity index (χ2n) is 9.77. The molecule has 0 aromatic rings. The summed E-state index contributed by atoms with van der Waals surface area (Å²) < 4.78 is 6.50. The first kappa shape index (κ1) is 21.8. The Kier molecular flexibility index (Phi) is 6.50. The number of β-lactam (4-membered cyclic amide) rings is 1. The van der Waals surface area contributed by atoms with Gasteiger partial charge in [0.15, 0.2) is 8.32 Å². The van der Waals surface area contributed by atoms with Crippen LogP contribution in [0.15, 0.2) is 0 Å². The first-order chi connectivity index (χ1) is 10.6. The average molecular weight is 372 g/mol. The highest BCUT2D eigenvalue weighted by molar-refractivity contribution is 7.80. The Labute approximate surface area is 155 Å². The van der Waals surface area contributed by atoms with Crippen LogP contribution >= 0.6 is 12.2 Å². The molecule has 3 nitrogen and oxygen atoms in total. The molecule has 1 saturated heterocycles. The second-order valence-corrected chi connectivity index (χ2v) is 15.0. The van der Waals surface area contributed by atoms with E-state index in [4.69, 9.17) is 16.6 Å². The van der Waals surface area contributed by atoms with Crippen LogP contribution in [0.4, 0.5) is 0 Å². The minimum Gasteiger partial charge on any atom is -0.413 e. The van der Waals surface area contributed by atoms with E-state index in [2.05, 4.69) is 73.8 Å². The Hall–Kier alpha value is -0.263. The van der Waals surface area contributed by atoms with E-state index in [0.717, 1.165) is 11.3 Å². The van der Waals surface area contributed by atoms with E-state index in [1.807, 2.05) is 0 Å². The number of carbonyl (C=O) groups excluding carboxylic acids is 1. The third-order valence-corrected chi connectivity index (χ3v) is 11.2. The molecule has 1 N–H and O–H groups in total. The monoisotopic (exact) mass is 371 g/mol. The maximum Gasteiger partial charge on any atom is 0.228 e. The summed E-state index contributed by atoms with van der Waals surface area (Å²) in [5.41, 5.74) is -0.0234. The van der Waals surface area contributed by atoms with Crippen molar-refractivity contribution < 1.29 is 9.22 Å². The van der Waals surface area contributed by atoms with Gasteiger partial charge in [-0.25, -0.2) is 0 Å². The van der Waals surface area contributed by atoms with E-state index in [1.165, 1.54) is 0 Å². The van der Waals surface area contributed by atoms with Gasteiger partial charge in [-0.3, -0.25) is 4.79 Å². The topological polar surface area (TPSA) is 38.3 Å². The highest BCUT2D eigenvalue weighted by atomic mass is 32.1. The molecule has 0 unspecified atom stereocenters. The number of amides is 1. The van der Waals surface area contributed by atoms with Crippen molar-refractivity contribution in [2.45, 2.75) is 92.1 Å². The Bertz CT molecular complexity index is 491. The van der Waals surface area contributed by atoms with Crippen molar-refractivity contribution in [2.24, 2.45) is 17.3 Å². The molecule has 1 aliphatic heterocycles. The predicted molar refractivity (Wildman–Crippen MR) is 109 cm³/mol. The van der Waals surface area contributed by atoms with E-state index < -0.39 is 8.32 Å². The van der Waals surface area contributed by atoms with Crippen LogP contribution < -0.4 is 5.32 Å². The van der Waals surface area contributed by atoms with Gasteiger partial charge in [0.2, 0.25) is 5.91 Å². The summed E-state index contributed by atoms with van der Waals surface area (Å²) in [5, 5.41) is 3.25. The third kappa shape index (κ3) is 4.47. The van der Waals surface area contributed by atoms with Crippen molar-refractivity contribution in [1.29, 1.82) is 0 Å². The van der Waals surface area contributed by atoms with Crippen molar-refractivity contribution in [3.63, 3.8) is 0 Å². The Morgan fingerprint density at radius 3 is 2.08 bits per heavy atom. The van der Waals surface area contributed by atoms with E-state index in [-0.39, 0.29) is 40.3 Å². The van der Waals surface area contributed by atoms with Crippen molar-refractivity contribution in [3.05, 3.63) is 0 Å². The van der Waals surface area contributed by atoms with Crippen LogP contribution in [0.3, 0.4) is 0 Å². The molecule has 1 heterocycles. The van der Waals surface area contributed by atoms with Gasteiger partial charge in [-0.15, -0.1) is 0 Å². The lowest BCUT2D eigenvalue weighted by molar-refractivity contribution is -0.141. The summed E-state index contributed by atoms with van der Waals surface area (Å²) >= 11 is 5.75. The zero-order valence-corrected chi connectivity index (χ0v) is 19.1. The average Bonchev–Trinajstić information content (AvgIpc) is 2.34. The highest BCUT2D eigenvalue weighted by Crippen LogP contribution is 2.40. The molecule has 0 bridgehead atoms. The van der Waals surface area contributed by atoms with Gasteiger partial charge in [0.25, 0.3) is 0 Å². The first-order valence-corrected chi connectivity index (χ1v) is 12.5. The minimum absolute atomic E-state index is 0.0234. The molecule has 0 aromatic carbocycles. The summed E-state index contributed by atoms with van der Waals surface area (Å²) in [6.07, 6.45) is 0.881. The third-order valence-electron chi connectivity index (χ3n) is 5.74. The molecule has 24 heavy (non-hydrogen) atoms. The summed E-state index contributed by atoms with van der Waals surface area (Å²) in [4.78, 5) is 13.3. The second kappa shape index (κ2) is 7.16. The van der Waals surface area contributed by atoms with Crippen LogP contribution in [-0.2, 0) is 9.22 Å². The highest BCUT2D eigenvalue weighted by Gasteiger charge is 2.51. The molecular formula is C19H37NO2SSi. The minimum atomic E-state index is -1.89. The summed E-state index contributed by atoms with van der Waals surface area (Å²) in [5.74, 6) is 0.249. The van der Waals surface area contributed by atoms with Crippen LogP contribution in [0.1, 0.15) is 61.8 Å². The molecule has 0 spiro atoms. The number of hydrogen-bond donors (Lipinski definition) is 1. The first-order valence-electron chi connectivity index (χ1n) is 9.16. The lowest BCUT2D eigenvalue weighted by Crippen LogP contribution is -2.67. The fourth-order valence-electron chi connectivity index (χ4n) is 3.15. The molecule has 140 valence electrons. The number of hydrogen-bond acceptors (Lipinski definition) is 3. The van der Waals surface area contributed by atoms with Crippen LogP contribution in [-0.4, -0.2) is 31.2 Å². The number of rotatable bonds is 6. The van der Waals surface area contributed by atoms with Gasteiger partial charge in [-0.2, -0.15) is 0 Å². The van der Waals surface area contributed by atoms with Crippen molar-refractivity contribution in [2.75, 3.05) is 0 Å². The predicted octanol–water partition coefficient (Wildman–Crippen LogP) is 4.95. The molecule has 4 atom stereocenters. The normalized spacial score (nSPS) is 24.8. The molecule has 1 rings (SSSR count). The smallest absolute Gasteiger partial charge is 0.228 e. The molecule has 1 aliphatic rings. The van der Waals surface area contributed by atoms with E-state index in [0.29, 0.717) is 0 Å².